The smallest absolute Gasteiger partial charge is 0.231 e. The van der Waals surface area contributed by atoms with Crippen LogP contribution in [0.25, 0.3) is 11.0 Å². The highest BCUT2D eigenvalue weighted by Crippen LogP contribution is 2.18. The molecule has 0 fully saturated rings. The van der Waals surface area contributed by atoms with Crippen molar-refractivity contribution in [1.82, 2.24) is 15.1 Å². The Kier molecular flexibility index (Phi) is 3.46. The van der Waals surface area contributed by atoms with Gasteiger partial charge in [0.2, 0.25) is 11.8 Å². The van der Waals surface area contributed by atoms with Crippen molar-refractivity contribution in [3.63, 3.8) is 0 Å². The normalized spacial score (nSPS) is 10.5. The Morgan fingerprint density at radius 2 is 2.19 bits per heavy atom. The number of anilines is 1. The first-order chi connectivity index (χ1) is 10.3. The quantitative estimate of drug-likeness (QED) is 0.785. The maximum atomic E-state index is 12.0. The summed E-state index contributed by atoms with van der Waals surface area (Å²) in [5, 5.41) is 7.41. The molecule has 7 nitrogen and oxygen atoms in total. The third-order valence-corrected chi connectivity index (χ3v) is 2.90. The molecule has 106 valence electrons. The van der Waals surface area contributed by atoms with Crippen LogP contribution in [0.15, 0.2) is 41.2 Å². The lowest BCUT2D eigenvalue weighted by molar-refractivity contribution is -0.115. The van der Waals surface area contributed by atoms with Gasteiger partial charge in [-0.15, -0.1) is 0 Å². The van der Waals surface area contributed by atoms with Crippen LogP contribution >= 0.6 is 0 Å². The van der Waals surface area contributed by atoms with Crippen molar-refractivity contribution in [2.45, 2.75) is 6.42 Å². The van der Waals surface area contributed by atoms with Crippen molar-refractivity contribution in [2.24, 2.45) is 0 Å². The highest BCUT2D eigenvalue weighted by molar-refractivity contribution is 5.94. The first-order valence-corrected chi connectivity index (χ1v) is 6.25. The van der Waals surface area contributed by atoms with Gasteiger partial charge in [0.05, 0.1) is 13.5 Å². The Balaban J connectivity index is 1.74. The number of para-hydroxylation sites is 1. The Bertz CT molecular complexity index is 784. The van der Waals surface area contributed by atoms with Gasteiger partial charge in [-0.2, -0.15) is 0 Å². The average Bonchev–Trinajstić information content (AvgIpc) is 2.91. The molecule has 21 heavy (non-hydrogen) atoms. The summed E-state index contributed by atoms with van der Waals surface area (Å²) in [4.78, 5) is 19.9. The molecule has 0 bridgehead atoms. The number of benzene rings is 1. The maximum Gasteiger partial charge on any atom is 0.231 e. The van der Waals surface area contributed by atoms with E-state index in [4.69, 9.17) is 9.26 Å². The van der Waals surface area contributed by atoms with Gasteiger partial charge in [-0.1, -0.05) is 17.3 Å². The molecule has 3 rings (SSSR count). The molecule has 3 aromatic rings. The molecular weight excluding hydrogens is 272 g/mol. The van der Waals surface area contributed by atoms with Crippen LogP contribution < -0.4 is 10.1 Å². The maximum absolute atomic E-state index is 12.0. The molecule has 0 radical (unpaired) electrons. The number of methoxy groups -OCH3 is 1. The van der Waals surface area contributed by atoms with Crippen LogP contribution in [0.2, 0.25) is 0 Å². The third-order valence-electron chi connectivity index (χ3n) is 2.90. The number of hydrogen-bond donors (Lipinski definition) is 1. The van der Waals surface area contributed by atoms with E-state index in [0.29, 0.717) is 23.0 Å². The van der Waals surface area contributed by atoms with E-state index in [9.17, 15) is 4.79 Å². The van der Waals surface area contributed by atoms with Crippen LogP contribution in [0, 0.1) is 0 Å². The Morgan fingerprint density at radius 3 is 3.05 bits per heavy atom. The van der Waals surface area contributed by atoms with E-state index < -0.39 is 0 Å². The van der Waals surface area contributed by atoms with E-state index in [1.165, 1.54) is 13.4 Å². The van der Waals surface area contributed by atoms with Gasteiger partial charge >= 0.3 is 0 Å². The number of nitrogens with zero attached hydrogens (tertiary/aromatic N) is 3. The number of carbonyl (C=O) groups excluding carboxylic acids is 1. The zero-order valence-electron chi connectivity index (χ0n) is 11.2. The predicted octanol–water partition coefficient (Wildman–Crippen LogP) is 1.81. The second-order valence-electron chi connectivity index (χ2n) is 4.30. The third kappa shape index (κ3) is 2.81. The highest BCUT2D eigenvalue weighted by Gasteiger charge is 2.12. The van der Waals surface area contributed by atoms with Gasteiger partial charge in [0.15, 0.2) is 5.58 Å². The van der Waals surface area contributed by atoms with E-state index in [0.717, 1.165) is 5.39 Å². The Labute approximate surface area is 119 Å². The fourth-order valence-electron chi connectivity index (χ4n) is 1.92. The minimum atomic E-state index is -0.241. The first-order valence-electron chi connectivity index (χ1n) is 6.25. The van der Waals surface area contributed by atoms with Crippen molar-refractivity contribution in [2.75, 3.05) is 12.4 Å². The van der Waals surface area contributed by atoms with Gasteiger partial charge in [-0.3, -0.25) is 4.79 Å². The number of rotatable bonds is 4. The number of ether oxygens (including phenoxy) is 1. The van der Waals surface area contributed by atoms with Gasteiger partial charge in [0, 0.05) is 11.5 Å². The van der Waals surface area contributed by atoms with E-state index in [1.54, 1.807) is 12.1 Å². The standard InChI is InChI=1S/C14H12N4O3/c1-20-14-7-12(15-8-16-14)17-13(19)6-10-9-4-2-3-5-11(9)21-18-10/h2-5,7-8H,6H2,1H3,(H,15,16,17,19). The van der Waals surface area contributed by atoms with Crippen LogP contribution in [-0.4, -0.2) is 28.1 Å². The second kappa shape index (κ2) is 5.58. The van der Waals surface area contributed by atoms with Gasteiger partial charge in [0.25, 0.3) is 0 Å². The summed E-state index contributed by atoms with van der Waals surface area (Å²) in [7, 11) is 1.50. The number of nitrogens with one attached hydrogen (secondary N) is 1. The molecule has 2 heterocycles. The van der Waals surface area contributed by atoms with Crippen LogP contribution in [0.4, 0.5) is 5.82 Å². The topological polar surface area (TPSA) is 90.1 Å². The lowest BCUT2D eigenvalue weighted by Crippen LogP contribution is -2.15. The van der Waals surface area contributed by atoms with Crippen LogP contribution in [0.5, 0.6) is 5.88 Å². The van der Waals surface area contributed by atoms with Crippen molar-refractivity contribution in [3.8, 4) is 5.88 Å². The molecule has 0 aliphatic rings. The van der Waals surface area contributed by atoms with Crippen molar-refractivity contribution >= 4 is 22.7 Å². The summed E-state index contributed by atoms with van der Waals surface area (Å²) in [6.07, 6.45) is 1.42. The predicted molar refractivity (Wildman–Crippen MR) is 74.9 cm³/mol. The molecule has 1 aromatic carbocycles. The SMILES string of the molecule is COc1cc(NC(=O)Cc2noc3ccccc23)ncn1. The second-order valence-corrected chi connectivity index (χ2v) is 4.30. The summed E-state index contributed by atoms with van der Waals surface area (Å²) in [5.41, 5.74) is 1.24. The Morgan fingerprint density at radius 1 is 1.33 bits per heavy atom. The molecule has 0 saturated carbocycles. The minimum absolute atomic E-state index is 0.101. The fourth-order valence-corrected chi connectivity index (χ4v) is 1.92. The van der Waals surface area contributed by atoms with Gasteiger partial charge in [-0.05, 0) is 12.1 Å². The molecule has 0 saturated heterocycles. The lowest BCUT2D eigenvalue weighted by atomic mass is 10.1. The van der Waals surface area contributed by atoms with Gasteiger partial charge in [0.1, 0.15) is 17.8 Å². The van der Waals surface area contributed by atoms with E-state index in [-0.39, 0.29) is 12.3 Å². The van der Waals surface area contributed by atoms with Crippen LogP contribution in [0.1, 0.15) is 5.69 Å². The highest BCUT2D eigenvalue weighted by atomic mass is 16.5. The number of carbonyl (C=O) groups is 1. The van der Waals surface area contributed by atoms with Crippen molar-refractivity contribution in [3.05, 3.63) is 42.4 Å². The monoisotopic (exact) mass is 284 g/mol. The molecular formula is C14H12N4O3. The summed E-state index contributed by atoms with van der Waals surface area (Å²) in [6.45, 7) is 0. The molecule has 1 amide bonds. The molecule has 0 unspecified atom stereocenters. The molecule has 0 aliphatic carbocycles. The van der Waals surface area contributed by atoms with Crippen LogP contribution in [-0.2, 0) is 11.2 Å². The van der Waals surface area contributed by atoms with Crippen molar-refractivity contribution < 1.29 is 14.1 Å². The molecule has 2 aromatic heterocycles. The van der Waals surface area contributed by atoms with Gasteiger partial charge < -0.3 is 14.6 Å². The van der Waals surface area contributed by atoms with E-state index in [1.807, 2.05) is 18.2 Å². The van der Waals surface area contributed by atoms with Gasteiger partial charge in [-0.25, -0.2) is 9.97 Å². The Hall–Kier alpha value is -2.96. The number of fused-ring (bicyclic) bond motifs is 1. The van der Waals surface area contributed by atoms with Crippen molar-refractivity contribution in [1.29, 1.82) is 0 Å². The summed E-state index contributed by atoms with van der Waals surface area (Å²) >= 11 is 0. The summed E-state index contributed by atoms with van der Waals surface area (Å²) in [5.74, 6) is 0.515. The largest absolute Gasteiger partial charge is 0.481 e. The summed E-state index contributed by atoms with van der Waals surface area (Å²) < 4.78 is 10.1. The zero-order chi connectivity index (χ0) is 14.7. The fraction of sp³-hybridized carbons (Fsp3) is 0.143. The average molecular weight is 284 g/mol. The molecule has 0 atom stereocenters. The van der Waals surface area contributed by atoms with E-state index in [2.05, 4.69) is 20.4 Å². The van der Waals surface area contributed by atoms with E-state index >= 15 is 0 Å². The first kappa shape index (κ1) is 13.0. The molecule has 1 N–H and O–H groups in total. The number of hydrogen-bond acceptors (Lipinski definition) is 6. The summed E-state index contributed by atoms with van der Waals surface area (Å²) in [6, 6.07) is 8.93. The zero-order valence-corrected chi connectivity index (χ0v) is 11.2. The molecule has 0 aliphatic heterocycles. The molecule has 7 heteroatoms. The number of aromatic nitrogens is 3. The lowest BCUT2D eigenvalue weighted by Gasteiger charge is -2.04. The van der Waals surface area contributed by atoms with Crippen LogP contribution in [0.3, 0.4) is 0 Å². The number of amides is 1. The molecule has 0 spiro atoms. The minimum Gasteiger partial charge on any atom is -0.481 e.